The first-order valence-corrected chi connectivity index (χ1v) is 18.0. The first kappa shape index (κ1) is 46.5. The zero-order valence-corrected chi connectivity index (χ0v) is 30.6. The third-order valence-electron chi connectivity index (χ3n) is 6.42. The van der Waals surface area contributed by atoms with Gasteiger partial charge in [0.1, 0.15) is 0 Å². The van der Waals surface area contributed by atoms with Crippen molar-refractivity contribution in [1.82, 2.24) is 0 Å². The van der Waals surface area contributed by atoms with Crippen molar-refractivity contribution in [2.24, 2.45) is 16.8 Å². The van der Waals surface area contributed by atoms with Gasteiger partial charge in [-0.05, 0) is 50.3 Å². The number of thiol groups is 1. The SMILES string of the molecule is C#CC/C(=C/C)N=CCC.C1CC1.CC.CC.CCCCCC1CCC(C)CC1.CCCc1ccc(C)cc1.CS. The Morgan fingerprint density at radius 3 is 1.83 bits per heavy atom. The molecule has 0 heterocycles. The van der Waals surface area contributed by atoms with Crippen LogP contribution in [0.25, 0.3) is 0 Å². The summed E-state index contributed by atoms with van der Waals surface area (Å²) < 4.78 is 0. The van der Waals surface area contributed by atoms with Crippen molar-refractivity contribution in [3.63, 3.8) is 0 Å². The number of aryl methyl sites for hydroxylation is 2. The summed E-state index contributed by atoms with van der Waals surface area (Å²) in [6, 6.07) is 8.76. The van der Waals surface area contributed by atoms with E-state index in [2.05, 4.69) is 75.5 Å². The van der Waals surface area contributed by atoms with E-state index < -0.39 is 0 Å². The Balaban J connectivity index is -0.000000219. The van der Waals surface area contributed by atoms with Crippen LogP contribution in [0.5, 0.6) is 0 Å². The molecule has 0 aromatic heterocycles. The fraction of sp³-hybridized carbons (Fsp3) is 0.718. The molecule has 2 fully saturated rings. The lowest BCUT2D eigenvalue weighted by Gasteiger charge is -2.25. The second kappa shape index (κ2) is 40.7. The first-order valence-electron chi connectivity index (χ1n) is 17.1. The van der Waals surface area contributed by atoms with Gasteiger partial charge < -0.3 is 0 Å². The maximum atomic E-state index is 5.11. The van der Waals surface area contributed by atoms with Gasteiger partial charge in [-0.1, -0.05) is 168 Å². The summed E-state index contributed by atoms with van der Waals surface area (Å²) >= 11 is 3.53. The second-order valence-corrected chi connectivity index (χ2v) is 10.3. The highest BCUT2D eigenvalue weighted by molar-refractivity contribution is 7.79. The molecule has 1 nitrogen and oxygen atoms in total. The van der Waals surface area contributed by atoms with Crippen molar-refractivity contribution < 1.29 is 0 Å². The van der Waals surface area contributed by atoms with Crippen molar-refractivity contribution in [2.75, 3.05) is 6.26 Å². The maximum Gasteiger partial charge on any atom is 0.0507 e. The molecule has 0 atom stereocenters. The quantitative estimate of drug-likeness (QED) is 0.128. The van der Waals surface area contributed by atoms with Gasteiger partial charge in [0, 0.05) is 11.9 Å². The molecule has 3 rings (SSSR count). The zero-order chi connectivity index (χ0) is 32.2. The highest BCUT2D eigenvalue weighted by Crippen LogP contribution is 2.31. The van der Waals surface area contributed by atoms with E-state index in [0.29, 0.717) is 6.42 Å². The molecular weight excluding hydrogens is 515 g/mol. The molecule has 0 bridgehead atoms. The summed E-state index contributed by atoms with van der Waals surface area (Å²) in [4.78, 5) is 4.14. The molecule has 0 aliphatic heterocycles. The van der Waals surface area contributed by atoms with Crippen LogP contribution in [-0.2, 0) is 6.42 Å². The Morgan fingerprint density at radius 2 is 1.44 bits per heavy atom. The number of nitrogens with zero attached hydrogens (tertiary/aromatic N) is 1. The van der Waals surface area contributed by atoms with Gasteiger partial charge >= 0.3 is 0 Å². The van der Waals surface area contributed by atoms with E-state index in [1.165, 1.54) is 94.6 Å². The average molecular weight is 588 g/mol. The fourth-order valence-electron chi connectivity index (χ4n) is 3.88. The molecule has 0 spiro atoms. The minimum Gasteiger partial charge on any atom is -0.265 e. The van der Waals surface area contributed by atoms with E-state index in [-0.39, 0.29) is 0 Å². The maximum absolute atomic E-state index is 5.11. The lowest BCUT2D eigenvalue weighted by molar-refractivity contribution is 0.272. The third-order valence-corrected chi connectivity index (χ3v) is 6.42. The van der Waals surface area contributed by atoms with Gasteiger partial charge in [0.15, 0.2) is 0 Å². The summed E-state index contributed by atoms with van der Waals surface area (Å²) in [7, 11) is 0. The van der Waals surface area contributed by atoms with E-state index in [1.54, 1.807) is 6.26 Å². The summed E-state index contributed by atoms with van der Waals surface area (Å²) in [6.07, 6.45) is 31.0. The predicted octanol–water partition coefficient (Wildman–Crippen LogP) is 13.5. The molecule has 0 unspecified atom stereocenters. The molecule has 0 radical (unpaired) electrons. The van der Waals surface area contributed by atoms with Crippen molar-refractivity contribution in [3.8, 4) is 12.3 Å². The average Bonchev–Trinajstić information content (AvgIpc) is 3.92. The van der Waals surface area contributed by atoms with Crippen LogP contribution >= 0.6 is 12.6 Å². The van der Waals surface area contributed by atoms with Crippen LogP contribution in [-0.4, -0.2) is 12.5 Å². The molecule has 240 valence electrons. The summed E-state index contributed by atoms with van der Waals surface area (Å²) in [6.45, 7) is 21.0. The lowest BCUT2D eigenvalue weighted by Crippen LogP contribution is -2.11. The summed E-state index contributed by atoms with van der Waals surface area (Å²) in [5.41, 5.74) is 3.78. The fourth-order valence-corrected chi connectivity index (χ4v) is 3.88. The monoisotopic (exact) mass is 588 g/mol. The molecule has 2 heteroatoms. The Bertz CT molecular complexity index is 683. The van der Waals surface area contributed by atoms with Crippen LogP contribution in [0.2, 0.25) is 0 Å². The normalized spacial score (nSPS) is 16.4. The molecule has 41 heavy (non-hydrogen) atoms. The molecule has 2 aliphatic carbocycles. The van der Waals surface area contributed by atoms with Crippen LogP contribution < -0.4 is 0 Å². The van der Waals surface area contributed by atoms with Gasteiger partial charge in [0.25, 0.3) is 0 Å². The second-order valence-electron chi connectivity index (χ2n) is 10.3. The molecule has 0 N–H and O–H groups in total. The summed E-state index contributed by atoms with van der Waals surface area (Å²) in [5.74, 6) is 4.66. The third kappa shape index (κ3) is 38.5. The zero-order valence-electron chi connectivity index (χ0n) is 29.7. The minimum atomic E-state index is 0.632. The van der Waals surface area contributed by atoms with E-state index >= 15 is 0 Å². The van der Waals surface area contributed by atoms with Crippen LogP contribution in [0, 0.1) is 31.1 Å². The Hall–Kier alpha value is -1.46. The molecule has 1 aromatic rings. The molecule has 0 amide bonds. The number of hydrogen-bond donors (Lipinski definition) is 1. The number of unbranched alkanes of at least 4 members (excludes halogenated alkanes) is 2. The topological polar surface area (TPSA) is 12.4 Å². The van der Waals surface area contributed by atoms with Crippen LogP contribution in [0.1, 0.15) is 163 Å². The van der Waals surface area contributed by atoms with Gasteiger partial charge in [0.05, 0.1) is 6.42 Å². The Morgan fingerprint density at radius 1 is 0.902 bits per heavy atom. The van der Waals surface area contributed by atoms with Crippen molar-refractivity contribution >= 4 is 18.8 Å². The number of hydrogen-bond acceptors (Lipinski definition) is 2. The predicted molar refractivity (Wildman–Crippen MR) is 198 cm³/mol. The van der Waals surface area contributed by atoms with Gasteiger partial charge in [0.2, 0.25) is 0 Å². The van der Waals surface area contributed by atoms with Gasteiger partial charge in [-0.2, -0.15) is 12.6 Å². The van der Waals surface area contributed by atoms with Crippen LogP contribution in [0.3, 0.4) is 0 Å². The number of rotatable bonds is 9. The molecule has 0 saturated heterocycles. The molecule has 2 saturated carbocycles. The number of benzene rings is 1. The van der Waals surface area contributed by atoms with Gasteiger partial charge in [-0.15, -0.1) is 12.3 Å². The van der Waals surface area contributed by atoms with Gasteiger partial charge in [-0.3, -0.25) is 4.99 Å². The van der Waals surface area contributed by atoms with Crippen LogP contribution in [0.15, 0.2) is 41.0 Å². The van der Waals surface area contributed by atoms with E-state index in [4.69, 9.17) is 6.42 Å². The minimum absolute atomic E-state index is 0.632. The van der Waals surface area contributed by atoms with Crippen LogP contribution in [0.4, 0.5) is 0 Å². The van der Waals surface area contributed by atoms with E-state index in [9.17, 15) is 0 Å². The smallest absolute Gasteiger partial charge is 0.0507 e. The highest BCUT2D eigenvalue weighted by Gasteiger charge is 2.17. The van der Waals surface area contributed by atoms with Crippen molar-refractivity contribution in [2.45, 2.75) is 166 Å². The van der Waals surface area contributed by atoms with E-state index in [0.717, 1.165) is 24.0 Å². The number of allylic oxidation sites excluding steroid dienone is 2. The summed E-state index contributed by atoms with van der Waals surface area (Å²) in [5, 5.41) is 0. The number of aliphatic imine (C=N–C) groups is 1. The Labute approximate surface area is 266 Å². The first-order chi connectivity index (χ1) is 20.0. The lowest BCUT2D eigenvalue weighted by atomic mass is 9.80. The van der Waals surface area contributed by atoms with Crippen molar-refractivity contribution in [1.29, 1.82) is 0 Å². The largest absolute Gasteiger partial charge is 0.265 e. The highest BCUT2D eigenvalue weighted by atomic mass is 32.1. The van der Waals surface area contributed by atoms with E-state index in [1.807, 2.05) is 53.8 Å². The standard InChI is InChI=1S/C12H24.C10H14.C9H13N.C3H6.2C2H6.CH4S/c1-3-4-5-6-12-9-7-11(2)8-10-12;1-3-4-10-7-5-9(2)6-8-10;1-4-7-9(6-3)10-8-5-2;1-2-3-1;3*1-2/h11-12H,3-10H2,1-2H3;5-8H,3-4H2,1-2H3;1,6,8H,5,7H2,2-3H3;1-3H2;2*1-2H3;2H,1H3/b;;9-6-,10-8?;;;;. The molecule has 2 aliphatic rings. The molecular formula is C39H73NS. The Kier molecular flexibility index (Phi) is 46.1. The van der Waals surface area contributed by atoms with Crippen molar-refractivity contribution in [3.05, 3.63) is 47.2 Å². The molecule has 1 aromatic carbocycles. The number of terminal acetylenes is 1. The van der Waals surface area contributed by atoms with Gasteiger partial charge in [-0.25, -0.2) is 0 Å².